The molecule has 0 fully saturated rings. The molecule has 0 saturated carbocycles. The van der Waals surface area contributed by atoms with Crippen LogP contribution in [0.3, 0.4) is 0 Å². The molecule has 0 spiro atoms. The summed E-state index contributed by atoms with van der Waals surface area (Å²) < 4.78 is 27.9. The van der Waals surface area contributed by atoms with Crippen LogP contribution < -0.4 is 9.73 Å². The molecule has 4 rings (SSSR count). The van der Waals surface area contributed by atoms with Crippen LogP contribution in [-0.4, -0.2) is 27.1 Å². The quantitative estimate of drug-likeness (QED) is 0.287. The van der Waals surface area contributed by atoms with E-state index in [1.807, 2.05) is 42.5 Å². The second kappa shape index (κ2) is 10.1. The largest absolute Gasteiger partial charge is 0.271 e. The van der Waals surface area contributed by atoms with Crippen molar-refractivity contribution < 1.29 is 13.2 Å². The van der Waals surface area contributed by atoms with Crippen molar-refractivity contribution in [2.24, 2.45) is 5.10 Å². The number of carbonyl (C=O) groups excluding carboxylic acids is 1. The van der Waals surface area contributed by atoms with E-state index >= 15 is 0 Å². The van der Waals surface area contributed by atoms with Crippen molar-refractivity contribution in [2.45, 2.75) is 11.8 Å². The summed E-state index contributed by atoms with van der Waals surface area (Å²) in [5.41, 5.74) is 4.27. The summed E-state index contributed by atoms with van der Waals surface area (Å²) in [5.74, 6) is -0.578. The summed E-state index contributed by atoms with van der Waals surface area (Å²) in [6.07, 6.45) is 1.55. The second-order valence-electron chi connectivity index (χ2n) is 7.62. The van der Waals surface area contributed by atoms with E-state index in [0.717, 1.165) is 20.6 Å². The highest BCUT2D eigenvalue weighted by atomic mass is 35.5. The van der Waals surface area contributed by atoms with Gasteiger partial charge in [0.15, 0.2) is 0 Å². The predicted octanol–water partition coefficient (Wildman–Crippen LogP) is 5.15. The zero-order chi connectivity index (χ0) is 24.1. The summed E-state index contributed by atoms with van der Waals surface area (Å²) in [4.78, 5) is 12.9. The molecule has 1 N–H and O–H groups in total. The molecule has 0 unspecified atom stereocenters. The Kier molecular flexibility index (Phi) is 6.95. The lowest BCUT2D eigenvalue weighted by molar-refractivity contribution is -0.119. The van der Waals surface area contributed by atoms with Crippen LogP contribution in [0.5, 0.6) is 0 Å². The van der Waals surface area contributed by atoms with Gasteiger partial charge in [0.05, 0.1) is 16.8 Å². The van der Waals surface area contributed by atoms with Crippen LogP contribution in [0.1, 0.15) is 11.1 Å². The lowest BCUT2D eigenvalue weighted by atomic mass is 10.1. The molecule has 0 aliphatic carbocycles. The van der Waals surface area contributed by atoms with Crippen molar-refractivity contribution in [2.75, 3.05) is 10.8 Å². The van der Waals surface area contributed by atoms with Gasteiger partial charge >= 0.3 is 0 Å². The number of hydrazone groups is 1. The van der Waals surface area contributed by atoms with E-state index in [4.69, 9.17) is 11.6 Å². The third-order valence-electron chi connectivity index (χ3n) is 5.26. The van der Waals surface area contributed by atoms with Gasteiger partial charge in [-0.25, -0.2) is 13.8 Å². The highest BCUT2D eigenvalue weighted by Crippen LogP contribution is 2.28. The van der Waals surface area contributed by atoms with Gasteiger partial charge in [-0.2, -0.15) is 5.10 Å². The maximum atomic E-state index is 13.4. The maximum Gasteiger partial charge on any atom is 0.264 e. The van der Waals surface area contributed by atoms with Crippen molar-refractivity contribution in [3.05, 3.63) is 107 Å². The molecule has 1 amide bonds. The van der Waals surface area contributed by atoms with Crippen molar-refractivity contribution in [1.29, 1.82) is 0 Å². The highest BCUT2D eigenvalue weighted by molar-refractivity contribution is 7.92. The molecular weight excluding hydrogens is 470 g/mol. The van der Waals surface area contributed by atoms with Crippen LogP contribution in [0.2, 0.25) is 5.02 Å². The number of hydrogen-bond acceptors (Lipinski definition) is 4. The van der Waals surface area contributed by atoms with Crippen LogP contribution >= 0.6 is 11.6 Å². The molecule has 0 bridgehead atoms. The van der Waals surface area contributed by atoms with Gasteiger partial charge in [0.25, 0.3) is 15.9 Å². The molecule has 0 radical (unpaired) electrons. The molecule has 172 valence electrons. The number of carbonyl (C=O) groups is 1. The topological polar surface area (TPSA) is 78.8 Å². The average molecular weight is 492 g/mol. The fraction of sp³-hybridized carbons (Fsp3) is 0.0769. The smallest absolute Gasteiger partial charge is 0.264 e. The normalized spacial score (nSPS) is 11.6. The Bertz CT molecular complexity index is 1470. The van der Waals surface area contributed by atoms with E-state index in [9.17, 15) is 13.2 Å². The first-order chi connectivity index (χ1) is 16.4. The molecule has 0 aliphatic heterocycles. The van der Waals surface area contributed by atoms with Gasteiger partial charge in [-0.15, -0.1) is 0 Å². The number of fused-ring (bicyclic) bond motifs is 1. The van der Waals surface area contributed by atoms with Crippen molar-refractivity contribution in [3.63, 3.8) is 0 Å². The standard InChI is InChI=1S/C26H22ClN3O3S/c1-19-16-22(27)14-15-25(19)30(34(32,33)23-11-3-2-4-12-23)18-26(31)29-28-17-21-10-7-9-20-8-5-6-13-24(20)21/h2-17H,18H2,1H3,(H,29,31)/b28-17-. The van der Waals surface area contributed by atoms with E-state index in [1.54, 1.807) is 49.5 Å². The van der Waals surface area contributed by atoms with Crippen molar-refractivity contribution >= 4 is 50.2 Å². The number of rotatable bonds is 7. The van der Waals surface area contributed by atoms with E-state index in [2.05, 4.69) is 10.5 Å². The summed E-state index contributed by atoms with van der Waals surface area (Å²) in [6.45, 7) is 1.29. The lowest BCUT2D eigenvalue weighted by Gasteiger charge is -2.25. The Hall–Kier alpha value is -3.68. The molecule has 6 nitrogen and oxygen atoms in total. The fourth-order valence-electron chi connectivity index (χ4n) is 3.62. The van der Waals surface area contributed by atoms with Crippen LogP contribution in [0.15, 0.2) is 101 Å². The van der Waals surface area contributed by atoms with E-state index in [0.29, 0.717) is 16.3 Å². The maximum absolute atomic E-state index is 13.4. The van der Waals surface area contributed by atoms with Crippen LogP contribution in [-0.2, 0) is 14.8 Å². The highest BCUT2D eigenvalue weighted by Gasteiger charge is 2.28. The average Bonchev–Trinajstić information content (AvgIpc) is 2.83. The number of nitrogens with zero attached hydrogens (tertiary/aromatic N) is 2. The van der Waals surface area contributed by atoms with Gasteiger partial charge in [0, 0.05) is 10.6 Å². The Balaban J connectivity index is 1.60. The first kappa shape index (κ1) is 23.5. The zero-order valence-corrected chi connectivity index (χ0v) is 19.9. The minimum atomic E-state index is -4.01. The van der Waals surface area contributed by atoms with Crippen LogP contribution in [0.25, 0.3) is 10.8 Å². The van der Waals surface area contributed by atoms with E-state index in [-0.39, 0.29) is 4.90 Å². The van der Waals surface area contributed by atoms with Gasteiger partial charge in [-0.1, -0.05) is 72.3 Å². The number of amides is 1. The van der Waals surface area contributed by atoms with Gasteiger partial charge in [0.1, 0.15) is 6.54 Å². The number of anilines is 1. The minimum Gasteiger partial charge on any atom is -0.271 e. The molecule has 4 aromatic carbocycles. The van der Waals surface area contributed by atoms with E-state index < -0.39 is 22.5 Å². The van der Waals surface area contributed by atoms with Crippen LogP contribution in [0.4, 0.5) is 5.69 Å². The van der Waals surface area contributed by atoms with Crippen molar-refractivity contribution in [1.82, 2.24) is 5.43 Å². The molecule has 4 aromatic rings. The number of halogens is 1. The molecule has 0 aromatic heterocycles. The molecule has 34 heavy (non-hydrogen) atoms. The SMILES string of the molecule is Cc1cc(Cl)ccc1N(CC(=O)N/N=C\c1cccc2ccccc12)S(=O)(=O)c1ccccc1. The van der Waals surface area contributed by atoms with Crippen LogP contribution in [0, 0.1) is 6.92 Å². The first-order valence-corrected chi connectivity index (χ1v) is 12.3. The Morgan fingerprint density at radius 2 is 1.68 bits per heavy atom. The Morgan fingerprint density at radius 3 is 2.44 bits per heavy atom. The summed E-state index contributed by atoms with van der Waals surface area (Å²) in [6, 6.07) is 26.4. The third kappa shape index (κ3) is 5.11. The van der Waals surface area contributed by atoms with Gasteiger partial charge in [-0.3, -0.25) is 9.10 Å². The molecule has 0 aliphatic rings. The number of aryl methyl sites for hydroxylation is 1. The number of benzene rings is 4. The molecule has 8 heteroatoms. The third-order valence-corrected chi connectivity index (χ3v) is 7.27. The number of hydrogen-bond donors (Lipinski definition) is 1. The lowest BCUT2D eigenvalue weighted by Crippen LogP contribution is -2.40. The molecular formula is C26H22ClN3O3S. The first-order valence-electron chi connectivity index (χ1n) is 10.5. The van der Waals surface area contributed by atoms with Crippen molar-refractivity contribution in [3.8, 4) is 0 Å². The molecule has 0 heterocycles. The number of sulfonamides is 1. The predicted molar refractivity (Wildman–Crippen MR) is 137 cm³/mol. The zero-order valence-electron chi connectivity index (χ0n) is 18.4. The van der Waals surface area contributed by atoms with Gasteiger partial charge < -0.3 is 0 Å². The molecule has 0 saturated heterocycles. The number of nitrogens with one attached hydrogen (secondary N) is 1. The summed E-state index contributed by atoms with van der Waals surface area (Å²) in [5, 5.41) is 6.58. The van der Waals surface area contributed by atoms with Gasteiger partial charge in [0.2, 0.25) is 0 Å². The fourth-order valence-corrected chi connectivity index (χ4v) is 5.35. The second-order valence-corrected chi connectivity index (χ2v) is 9.92. The minimum absolute atomic E-state index is 0.0800. The summed E-state index contributed by atoms with van der Waals surface area (Å²) in [7, 11) is -4.01. The monoisotopic (exact) mass is 491 g/mol. The Labute approximate surface area is 203 Å². The molecule has 0 atom stereocenters. The Morgan fingerprint density at radius 1 is 0.971 bits per heavy atom. The summed E-state index contributed by atoms with van der Waals surface area (Å²) >= 11 is 6.06. The van der Waals surface area contributed by atoms with Gasteiger partial charge in [-0.05, 0) is 53.6 Å². The van der Waals surface area contributed by atoms with E-state index in [1.165, 1.54) is 12.1 Å².